The van der Waals surface area contributed by atoms with Crippen LogP contribution in [0.1, 0.15) is 16.6 Å². The van der Waals surface area contributed by atoms with Crippen LogP contribution in [-0.4, -0.2) is 11.9 Å². The Morgan fingerprint density at radius 1 is 1.58 bits per heavy atom. The molecule has 5 heteroatoms. The Bertz CT molecular complexity index is 318. The zero-order valence-electron chi connectivity index (χ0n) is 6.37. The molecule has 0 unspecified atom stereocenters. The maximum Gasteiger partial charge on any atom is 0.308 e. The highest BCUT2D eigenvalue weighted by Crippen LogP contribution is 2.20. The number of carbonyl (C=O) groups is 2. The number of ether oxygens (including phenoxy) is 1. The molecule has 1 amide bonds. The largest absolute Gasteiger partial charge is 0.426 e. The second kappa shape index (κ2) is 3.36. The van der Waals surface area contributed by atoms with Crippen molar-refractivity contribution in [2.45, 2.75) is 6.92 Å². The van der Waals surface area contributed by atoms with Crippen LogP contribution in [0.25, 0.3) is 0 Å². The van der Waals surface area contributed by atoms with E-state index in [4.69, 9.17) is 10.5 Å². The zero-order valence-corrected chi connectivity index (χ0v) is 7.18. The Labute approximate surface area is 72.9 Å². The highest BCUT2D eigenvalue weighted by atomic mass is 32.1. The third-order valence-corrected chi connectivity index (χ3v) is 2.00. The Balaban J connectivity index is 2.77. The molecule has 0 saturated carbocycles. The van der Waals surface area contributed by atoms with E-state index < -0.39 is 11.9 Å². The number of hydrogen-bond donors (Lipinski definition) is 1. The molecule has 1 aromatic rings. The average Bonchev–Trinajstić information content (AvgIpc) is 2.34. The fourth-order valence-corrected chi connectivity index (χ4v) is 1.33. The summed E-state index contributed by atoms with van der Waals surface area (Å²) in [4.78, 5) is 21.4. The van der Waals surface area contributed by atoms with E-state index in [0.717, 1.165) is 11.3 Å². The highest BCUT2D eigenvalue weighted by Gasteiger charge is 2.06. The van der Waals surface area contributed by atoms with Gasteiger partial charge >= 0.3 is 5.97 Å². The summed E-state index contributed by atoms with van der Waals surface area (Å²) in [6, 6.07) is 1.44. The lowest BCUT2D eigenvalue weighted by Gasteiger charge is -1.93. The summed E-state index contributed by atoms with van der Waals surface area (Å²) in [7, 11) is 0. The molecule has 0 saturated heterocycles. The van der Waals surface area contributed by atoms with E-state index in [0.29, 0.717) is 10.6 Å². The molecule has 0 aliphatic heterocycles. The van der Waals surface area contributed by atoms with Crippen LogP contribution in [0.15, 0.2) is 11.4 Å². The minimum absolute atomic E-state index is 0.362. The molecular weight excluding hydrogens is 178 g/mol. The van der Waals surface area contributed by atoms with E-state index in [9.17, 15) is 9.59 Å². The monoisotopic (exact) mass is 185 g/mol. The van der Waals surface area contributed by atoms with Crippen LogP contribution in [0.2, 0.25) is 0 Å². The van der Waals surface area contributed by atoms with Crippen molar-refractivity contribution in [2.75, 3.05) is 0 Å². The van der Waals surface area contributed by atoms with Crippen molar-refractivity contribution in [1.82, 2.24) is 0 Å². The molecule has 0 atom stereocenters. The van der Waals surface area contributed by atoms with Crippen molar-refractivity contribution in [3.8, 4) is 5.75 Å². The minimum atomic E-state index is -0.515. The Morgan fingerprint density at radius 3 is 2.67 bits per heavy atom. The van der Waals surface area contributed by atoms with Gasteiger partial charge in [-0.25, -0.2) is 0 Å². The predicted octanol–water partition coefficient (Wildman–Crippen LogP) is 0.772. The molecule has 0 spiro atoms. The standard InChI is InChI=1S/C7H7NO3S/c1-4(9)11-5-2-6(7(8)10)12-3-5/h2-3H,1H3,(H2,8,10). The quantitative estimate of drug-likeness (QED) is 0.692. The summed E-state index contributed by atoms with van der Waals surface area (Å²) in [6.45, 7) is 1.29. The van der Waals surface area contributed by atoms with Gasteiger partial charge in [0, 0.05) is 18.4 Å². The van der Waals surface area contributed by atoms with Crippen LogP contribution in [0, 0.1) is 0 Å². The van der Waals surface area contributed by atoms with Crippen LogP contribution in [-0.2, 0) is 4.79 Å². The summed E-state index contributed by atoms with van der Waals surface area (Å²) < 4.78 is 4.71. The molecule has 4 nitrogen and oxygen atoms in total. The van der Waals surface area contributed by atoms with Gasteiger partial charge in [0.1, 0.15) is 5.75 Å². The topological polar surface area (TPSA) is 69.4 Å². The van der Waals surface area contributed by atoms with Crippen LogP contribution in [0.5, 0.6) is 5.75 Å². The smallest absolute Gasteiger partial charge is 0.308 e. The Hall–Kier alpha value is -1.36. The minimum Gasteiger partial charge on any atom is -0.426 e. The maximum absolute atomic E-state index is 10.6. The third kappa shape index (κ3) is 2.06. The first-order valence-electron chi connectivity index (χ1n) is 3.16. The van der Waals surface area contributed by atoms with Gasteiger partial charge in [0.2, 0.25) is 0 Å². The molecule has 0 radical (unpaired) electrons. The molecule has 2 N–H and O–H groups in total. The predicted molar refractivity (Wildman–Crippen MR) is 44.1 cm³/mol. The lowest BCUT2D eigenvalue weighted by atomic mass is 10.4. The maximum atomic E-state index is 10.6. The van der Waals surface area contributed by atoms with Crippen LogP contribution < -0.4 is 10.5 Å². The molecule has 64 valence electrons. The van der Waals surface area contributed by atoms with E-state index >= 15 is 0 Å². The summed E-state index contributed by atoms with van der Waals surface area (Å²) in [5, 5.41) is 1.56. The Kier molecular flexibility index (Phi) is 2.44. The molecular formula is C7H7NO3S. The van der Waals surface area contributed by atoms with Gasteiger partial charge in [-0.05, 0) is 0 Å². The van der Waals surface area contributed by atoms with Crippen LogP contribution in [0.3, 0.4) is 0 Å². The first-order chi connectivity index (χ1) is 5.59. The SMILES string of the molecule is CC(=O)Oc1csc(C(N)=O)c1. The van der Waals surface area contributed by atoms with Gasteiger partial charge in [0.05, 0.1) is 4.88 Å². The van der Waals surface area contributed by atoms with Crippen molar-refractivity contribution >= 4 is 23.2 Å². The molecule has 0 aliphatic carbocycles. The van der Waals surface area contributed by atoms with Gasteiger partial charge < -0.3 is 10.5 Å². The number of primary amides is 1. The van der Waals surface area contributed by atoms with Crippen molar-refractivity contribution in [3.05, 3.63) is 16.3 Å². The van der Waals surface area contributed by atoms with Crippen molar-refractivity contribution in [3.63, 3.8) is 0 Å². The van der Waals surface area contributed by atoms with Gasteiger partial charge in [0.15, 0.2) is 0 Å². The number of amides is 1. The van der Waals surface area contributed by atoms with Gasteiger partial charge in [-0.3, -0.25) is 9.59 Å². The summed E-state index contributed by atoms with van der Waals surface area (Å²) in [5.41, 5.74) is 4.99. The Morgan fingerprint density at radius 2 is 2.25 bits per heavy atom. The summed E-state index contributed by atoms with van der Waals surface area (Å²) in [5.74, 6) is -0.566. The van der Waals surface area contributed by atoms with Gasteiger partial charge in [-0.15, -0.1) is 11.3 Å². The van der Waals surface area contributed by atoms with Crippen molar-refractivity contribution in [1.29, 1.82) is 0 Å². The van der Waals surface area contributed by atoms with E-state index in [1.165, 1.54) is 13.0 Å². The second-order valence-corrected chi connectivity index (χ2v) is 3.02. The molecule has 1 rings (SSSR count). The van der Waals surface area contributed by atoms with Gasteiger partial charge in [-0.1, -0.05) is 0 Å². The molecule has 0 aromatic carbocycles. The number of nitrogens with two attached hydrogens (primary N) is 1. The van der Waals surface area contributed by atoms with E-state index in [-0.39, 0.29) is 0 Å². The van der Waals surface area contributed by atoms with E-state index in [1.807, 2.05) is 0 Å². The number of rotatable bonds is 2. The number of hydrogen-bond acceptors (Lipinski definition) is 4. The normalized spacial score (nSPS) is 9.42. The fourth-order valence-electron chi connectivity index (χ4n) is 0.667. The zero-order chi connectivity index (χ0) is 9.14. The summed E-state index contributed by atoms with van der Waals surface area (Å²) in [6.07, 6.45) is 0. The van der Waals surface area contributed by atoms with Crippen molar-refractivity contribution in [2.24, 2.45) is 5.73 Å². The summed E-state index contributed by atoms with van der Waals surface area (Å²) >= 11 is 1.15. The fraction of sp³-hybridized carbons (Fsp3) is 0.143. The van der Waals surface area contributed by atoms with Crippen LogP contribution >= 0.6 is 11.3 Å². The number of carbonyl (C=O) groups excluding carboxylic acids is 2. The lowest BCUT2D eigenvalue weighted by Crippen LogP contribution is -2.08. The van der Waals surface area contributed by atoms with Crippen molar-refractivity contribution < 1.29 is 14.3 Å². The first kappa shape index (κ1) is 8.73. The van der Waals surface area contributed by atoms with Gasteiger partial charge in [0.25, 0.3) is 5.91 Å². The molecule has 0 bridgehead atoms. The molecule has 12 heavy (non-hydrogen) atoms. The second-order valence-electron chi connectivity index (χ2n) is 2.10. The number of esters is 1. The van der Waals surface area contributed by atoms with Crippen LogP contribution in [0.4, 0.5) is 0 Å². The van der Waals surface area contributed by atoms with E-state index in [2.05, 4.69) is 0 Å². The first-order valence-corrected chi connectivity index (χ1v) is 4.04. The third-order valence-electron chi connectivity index (χ3n) is 1.08. The molecule has 0 aliphatic rings. The van der Waals surface area contributed by atoms with E-state index in [1.54, 1.807) is 5.38 Å². The lowest BCUT2D eigenvalue weighted by molar-refractivity contribution is -0.131. The molecule has 1 heterocycles. The number of thiophene rings is 1. The molecule has 1 aromatic heterocycles. The average molecular weight is 185 g/mol. The highest BCUT2D eigenvalue weighted by molar-refractivity contribution is 7.12. The molecule has 0 fully saturated rings. The van der Waals surface area contributed by atoms with Gasteiger partial charge in [-0.2, -0.15) is 0 Å².